The van der Waals surface area contributed by atoms with Crippen LogP contribution in [-0.2, 0) is 21.0 Å². The molecular weight excluding hydrogens is 511 g/mol. The second-order valence-corrected chi connectivity index (χ2v) is 9.77. The van der Waals surface area contributed by atoms with E-state index in [1.807, 2.05) is 0 Å². The lowest BCUT2D eigenvalue weighted by Gasteiger charge is -2.14. The number of nitrogens with one attached hydrogen (secondary N) is 3. The highest BCUT2D eigenvalue weighted by Crippen LogP contribution is 2.33. The van der Waals surface area contributed by atoms with E-state index in [-0.39, 0.29) is 29.8 Å². The van der Waals surface area contributed by atoms with Crippen molar-refractivity contribution in [3.05, 3.63) is 72.8 Å². The Kier molecular flexibility index (Phi) is 11.7. The number of amides is 1. The SMILES string of the molecule is C=C/C(=C\C(=C)C(=O)NC(C)C)Nc1ncc(C(F)(F)F)c(NC/C=C/C=C\N=CN(C)S(C)(=O)=O)n1. The Morgan fingerprint density at radius 3 is 2.54 bits per heavy atom. The van der Waals surface area contributed by atoms with Crippen LogP contribution in [0.15, 0.2) is 72.2 Å². The predicted octanol–water partition coefficient (Wildman–Crippen LogP) is 3.46. The van der Waals surface area contributed by atoms with E-state index in [1.54, 1.807) is 13.8 Å². The van der Waals surface area contributed by atoms with E-state index in [9.17, 15) is 26.4 Å². The highest BCUT2D eigenvalue weighted by molar-refractivity contribution is 7.88. The number of anilines is 2. The summed E-state index contributed by atoms with van der Waals surface area (Å²) in [6.07, 6.45) is 6.55. The first kappa shape index (κ1) is 31.1. The Bertz CT molecular complexity index is 1200. The fourth-order valence-corrected chi connectivity index (χ4v) is 2.51. The van der Waals surface area contributed by atoms with Gasteiger partial charge in [0.25, 0.3) is 5.91 Å². The number of sulfonamides is 1. The van der Waals surface area contributed by atoms with Crippen molar-refractivity contribution >= 4 is 34.0 Å². The van der Waals surface area contributed by atoms with E-state index in [0.29, 0.717) is 6.20 Å². The van der Waals surface area contributed by atoms with Gasteiger partial charge < -0.3 is 16.0 Å². The Morgan fingerprint density at radius 1 is 1.30 bits per heavy atom. The zero-order chi connectivity index (χ0) is 28.2. The second-order valence-electron chi connectivity index (χ2n) is 7.73. The number of alkyl halides is 3. The minimum atomic E-state index is -4.70. The van der Waals surface area contributed by atoms with Crippen molar-refractivity contribution in [2.24, 2.45) is 4.99 Å². The van der Waals surface area contributed by atoms with Crippen molar-refractivity contribution in [1.29, 1.82) is 0 Å². The van der Waals surface area contributed by atoms with Crippen LogP contribution in [0.2, 0.25) is 0 Å². The lowest BCUT2D eigenvalue weighted by Crippen LogP contribution is -2.30. The minimum Gasteiger partial charge on any atom is -0.366 e. The molecule has 0 atom stereocenters. The monoisotopic (exact) mass is 541 g/mol. The van der Waals surface area contributed by atoms with Crippen molar-refractivity contribution in [3.8, 4) is 0 Å². The maximum Gasteiger partial charge on any atom is 0.421 e. The maximum atomic E-state index is 13.4. The van der Waals surface area contributed by atoms with Crippen LogP contribution in [0.4, 0.5) is 24.9 Å². The average molecular weight is 542 g/mol. The molecule has 0 saturated carbocycles. The zero-order valence-corrected chi connectivity index (χ0v) is 21.7. The third kappa shape index (κ3) is 11.6. The summed E-state index contributed by atoms with van der Waals surface area (Å²) in [6.45, 7) is 10.8. The van der Waals surface area contributed by atoms with Crippen LogP contribution in [-0.4, -0.2) is 60.8 Å². The van der Waals surface area contributed by atoms with Gasteiger partial charge in [0, 0.05) is 43.3 Å². The number of carbonyl (C=O) groups is 1. The highest BCUT2D eigenvalue weighted by atomic mass is 32.2. The largest absolute Gasteiger partial charge is 0.421 e. The summed E-state index contributed by atoms with van der Waals surface area (Å²) in [5, 5.41) is 7.96. The van der Waals surface area contributed by atoms with Gasteiger partial charge in [-0.05, 0) is 32.1 Å². The van der Waals surface area contributed by atoms with Crippen LogP contribution in [0.1, 0.15) is 19.4 Å². The summed E-state index contributed by atoms with van der Waals surface area (Å²) in [7, 11) is -2.07. The van der Waals surface area contributed by atoms with Crippen LogP contribution in [0.5, 0.6) is 0 Å². The van der Waals surface area contributed by atoms with Gasteiger partial charge in [-0.25, -0.2) is 18.4 Å². The number of hydrogen-bond donors (Lipinski definition) is 3. The van der Waals surface area contributed by atoms with Crippen molar-refractivity contribution in [2.45, 2.75) is 26.1 Å². The number of rotatable bonds is 13. The van der Waals surface area contributed by atoms with Gasteiger partial charge in [-0.2, -0.15) is 18.2 Å². The minimum absolute atomic E-state index is 0.0207. The molecule has 1 aromatic rings. The van der Waals surface area contributed by atoms with Crippen LogP contribution in [0, 0.1) is 0 Å². The lowest BCUT2D eigenvalue weighted by atomic mass is 10.2. The molecular formula is C23H30F3N7O3S. The molecule has 1 rings (SSSR count). The Morgan fingerprint density at radius 2 is 1.97 bits per heavy atom. The standard InChI is InChI=1S/C23H30F3N7O3S/c1-7-18(13-17(4)21(34)30-16(2)3)31-22-29-14-19(23(24,25)26)20(32-22)28-12-10-8-9-11-27-15-33(5)37(6,35)36/h7-11,13-16H,1,4,12H2,2-3,5-6H3,(H,30,34)(H2,28,29,31,32)/b10-8+,11-9-,18-13+,27-15?. The molecule has 14 heteroatoms. The molecule has 202 valence electrons. The summed E-state index contributed by atoms with van der Waals surface area (Å²) < 4.78 is 63.7. The summed E-state index contributed by atoms with van der Waals surface area (Å²) in [4.78, 5) is 23.4. The van der Waals surface area contributed by atoms with Crippen molar-refractivity contribution in [3.63, 3.8) is 0 Å². The van der Waals surface area contributed by atoms with E-state index in [4.69, 9.17) is 0 Å². The molecule has 0 radical (unpaired) electrons. The molecule has 1 aromatic heterocycles. The smallest absolute Gasteiger partial charge is 0.366 e. The number of hydrogen-bond acceptors (Lipinski definition) is 8. The number of halogens is 3. The third-order valence-electron chi connectivity index (χ3n) is 4.17. The Labute approximate surface area is 214 Å². The number of carbonyl (C=O) groups excluding carboxylic acids is 1. The number of nitrogens with zero attached hydrogens (tertiary/aromatic N) is 4. The normalized spacial score (nSPS) is 12.9. The van der Waals surface area contributed by atoms with Gasteiger partial charge >= 0.3 is 6.18 Å². The predicted molar refractivity (Wildman–Crippen MR) is 139 cm³/mol. The summed E-state index contributed by atoms with van der Waals surface area (Å²) in [5.74, 6) is -1.04. The van der Waals surface area contributed by atoms with Crippen LogP contribution >= 0.6 is 0 Å². The molecule has 0 aromatic carbocycles. The van der Waals surface area contributed by atoms with Gasteiger partial charge in [-0.3, -0.25) is 9.10 Å². The van der Waals surface area contributed by atoms with Crippen LogP contribution in [0.25, 0.3) is 0 Å². The van der Waals surface area contributed by atoms with Gasteiger partial charge in [0.15, 0.2) is 0 Å². The third-order valence-corrected chi connectivity index (χ3v) is 5.31. The molecule has 0 aliphatic carbocycles. The molecule has 10 nitrogen and oxygen atoms in total. The number of aliphatic imine (C=N–C) groups is 1. The fraction of sp³-hybridized carbons (Fsp3) is 0.304. The molecule has 0 unspecified atom stereocenters. The van der Waals surface area contributed by atoms with Gasteiger partial charge in [0.05, 0.1) is 6.26 Å². The zero-order valence-electron chi connectivity index (χ0n) is 20.9. The average Bonchev–Trinajstić information content (AvgIpc) is 2.78. The highest BCUT2D eigenvalue weighted by Gasteiger charge is 2.35. The molecule has 1 amide bonds. The molecule has 37 heavy (non-hydrogen) atoms. The molecule has 3 N–H and O–H groups in total. The Balaban J connectivity index is 2.96. The lowest BCUT2D eigenvalue weighted by molar-refractivity contribution is -0.137. The first-order valence-corrected chi connectivity index (χ1v) is 12.6. The summed E-state index contributed by atoms with van der Waals surface area (Å²) in [6, 6.07) is -0.108. The molecule has 0 bridgehead atoms. The van der Waals surface area contributed by atoms with Gasteiger partial charge in [0.2, 0.25) is 16.0 Å². The molecule has 0 saturated heterocycles. The maximum absolute atomic E-state index is 13.4. The topological polar surface area (TPSA) is 129 Å². The molecule has 0 aliphatic heterocycles. The molecule has 1 heterocycles. The van der Waals surface area contributed by atoms with E-state index in [2.05, 4.69) is 44.1 Å². The fourth-order valence-electron chi connectivity index (χ4n) is 2.29. The van der Waals surface area contributed by atoms with E-state index < -0.39 is 33.5 Å². The van der Waals surface area contributed by atoms with Crippen molar-refractivity contribution in [1.82, 2.24) is 19.6 Å². The van der Waals surface area contributed by atoms with Gasteiger partial charge in [0.1, 0.15) is 17.7 Å². The Hall–Kier alpha value is -3.94. The molecule has 0 spiro atoms. The van der Waals surface area contributed by atoms with Gasteiger partial charge in [-0.15, -0.1) is 0 Å². The quantitative estimate of drug-likeness (QED) is 0.151. The van der Waals surface area contributed by atoms with Gasteiger partial charge in [-0.1, -0.05) is 25.3 Å². The number of aromatic nitrogens is 2. The van der Waals surface area contributed by atoms with Crippen molar-refractivity contribution in [2.75, 3.05) is 30.5 Å². The first-order chi connectivity index (χ1) is 17.1. The first-order valence-electron chi connectivity index (χ1n) is 10.7. The number of allylic oxidation sites excluding steroid dienone is 3. The van der Waals surface area contributed by atoms with E-state index in [1.165, 1.54) is 43.6 Å². The van der Waals surface area contributed by atoms with Crippen molar-refractivity contribution < 1.29 is 26.4 Å². The van der Waals surface area contributed by atoms with E-state index in [0.717, 1.165) is 16.9 Å². The molecule has 0 fully saturated rings. The molecule has 0 aliphatic rings. The second kappa shape index (κ2) is 14.0. The van der Waals surface area contributed by atoms with Crippen LogP contribution < -0.4 is 16.0 Å². The summed E-state index contributed by atoms with van der Waals surface area (Å²) in [5.41, 5.74) is -0.714. The summed E-state index contributed by atoms with van der Waals surface area (Å²) >= 11 is 0. The van der Waals surface area contributed by atoms with Crippen LogP contribution in [0.3, 0.4) is 0 Å². The van der Waals surface area contributed by atoms with E-state index >= 15 is 0 Å².